The Morgan fingerprint density at radius 3 is 2.69 bits per heavy atom. The van der Waals surface area contributed by atoms with Gasteiger partial charge in [-0.1, -0.05) is 22.4 Å². The molecule has 0 saturated heterocycles. The van der Waals surface area contributed by atoms with E-state index < -0.39 is 0 Å². The molecule has 86 valence electrons. The van der Waals surface area contributed by atoms with Crippen molar-refractivity contribution in [3.63, 3.8) is 0 Å². The van der Waals surface area contributed by atoms with Crippen LogP contribution in [0.5, 0.6) is 11.5 Å². The molecule has 1 N–H and O–H groups in total. The summed E-state index contributed by atoms with van der Waals surface area (Å²) in [7, 11) is 0. The Hall–Kier alpha value is -0.740. The van der Waals surface area contributed by atoms with E-state index in [-0.39, 0.29) is 0 Å². The molecular formula is C12H14BrNO2. The Labute approximate surface area is 103 Å². The summed E-state index contributed by atoms with van der Waals surface area (Å²) in [5, 5.41) is 3.54. The summed E-state index contributed by atoms with van der Waals surface area (Å²) in [5.41, 5.74) is 1.23. The Balaban J connectivity index is 1.73. The predicted molar refractivity (Wildman–Crippen MR) is 64.7 cm³/mol. The zero-order chi connectivity index (χ0) is 11.0. The molecule has 1 aliphatic carbocycles. The van der Waals surface area contributed by atoms with Crippen molar-refractivity contribution < 1.29 is 9.47 Å². The maximum atomic E-state index is 5.37. The van der Waals surface area contributed by atoms with Crippen LogP contribution in [0.1, 0.15) is 24.8 Å². The van der Waals surface area contributed by atoms with E-state index >= 15 is 0 Å². The van der Waals surface area contributed by atoms with Gasteiger partial charge in [0.15, 0.2) is 11.5 Å². The highest BCUT2D eigenvalue weighted by molar-refractivity contribution is 9.10. The molecule has 0 radical (unpaired) electrons. The Morgan fingerprint density at radius 1 is 1.25 bits per heavy atom. The largest absolute Gasteiger partial charge is 0.454 e. The fourth-order valence-electron chi connectivity index (χ4n) is 1.96. The fraction of sp³-hybridized carbons (Fsp3) is 0.500. The lowest BCUT2D eigenvalue weighted by atomic mass is 9.93. The van der Waals surface area contributed by atoms with Crippen molar-refractivity contribution in [2.24, 2.45) is 0 Å². The first-order chi connectivity index (χ1) is 7.83. The van der Waals surface area contributed by atoms with Gasteiger partial charge in [0.25, 0.3) is 0 Å². The molecule has 16 heavy (non-hydrogen) atoms. The molecule has 1 aliphatic heterocycles. The van der Waals surface area contributed by atoms with Gasteiger partial charge in [0.2, 0.25) is 6.79 Å². The second-order valence-electron chi connectivity index (χ2n) is 4.31. The number of halogens is 1. The first-order valence-corrected chi connectivity index (χ1v) is 6.43. The van der Waals surface area contributed by atoms with Crippen LogP contribution in [0.3, 0.4) is 0 Å². The fourth-order valence-corrected chi connectivity index (χ4v) is 2.42. The second-order valence-corrected chi connectivity index (χ2v) is 5.16. The van der Waals surface area contributed by atoms with Gasteiger partial charge >= 0.3 is 0 Å². The molecule has 0 bridgehead atoms. The normalized spacial score (nSPS) is 18.6. The van der Waals surface area contributed by atoms with Crippen LogP contribution in [0.2, 0.25) is 0 Å². The van der Waals surface area contributed by atoms with Gasteiger partial charge in [0, 0.05) is 17.1 Å². The third-order valence-corrected chi connectivity index (χ3v) is 3.97. The van der Waals surface area contributed by atoms with Crippen molar-refractivity contribution in [3.05, 3.63) is 22.2 Å². The molecule has 0 unspecified atom stereocenters. The van der Waals surface area contributed by atoms with Gasteiger partial charge < -0.3 is 14.8 Å². The van der Waals surface area contributed by atoms with Crippen molar-refractivity contribution in [1.29, 1.82) is 0 Å². The lowest BCUT2D eigenvalue weighted by molar-refractivity contribution is 0.174. The monoisotopic (exact) mass is 283 g/mol. The van der Waals surface area contributed by atoms with Gasteiger partial charge in [-0.25, -0.2) is 0 Å². The van der Waals surface area contributed by atoms with Crippen molar-refractivity contribution >= 4 is 15.9 Å². The van der Waals surface area contributed by atoms with Crippen LogP contribution in [0.15, 0.2) is 16.6 Å². The maximum Gasteiger partial charge on any atom is 0.231 e. The van der Waals surface area contributed by atoms with Crippen molar-refractivity contribution in [1.82, 2.24) is 5.32 Å². The van der Waals surface area contributed by atoms with E-state index in [0.717, 1.165) is 22.5 Å². The summed E-state index contributed by atoms with van der Waals surface area (Å²) in [4.78, 5) is 0. The summed E-state index contributed by atoms with van der Waals surface area (Å²) in [6.45, 7) is 1.23. The molecule has 1 fully saturated rings. The Bertz CT molecular complexity index is 404. The minimum atomic E-state index is 0.335. The topological polar surface area (TPSA) is 30.5 Å². The highest BCUT2D eigenvalue weighted by Crippen LogP contribution is 2.37. The molecular weight excluding hydrogens is 270 g/mol. The summed E-state index contributed by atoms with van der Waals surface area (Å²) >= 11 is 3.56. The summed E-state index contributed by atoms with van der Waals surface area (Å²) in [6, 6.07) is 4.75. The zero-order valence-electron chi connectivity index (χ0n) is 8.96. The molecule has 1 aromatic carbocycles. The molecule has 0 amide bonds. The zero-order valence-corrected chi connectivity index (χ0v) is 10.5. The molecule has 4 heteroatoms. The lowest BCUT2D eigenvalue weighted by Crippen LogP contribution is -2.34. The SMILES string of the molecule is Brc1cc2c(cc1CNC1CCC1)OCO2. The van der Waals surface area contributed by atoms with Crippen LogP contribution in [0, 0.1) is 0 Å². The summed E-state index contributed by atoms with van der Waals surface area (Å²) in [6.07, 6.45) is 3.98. The van der Waals surface area contributed by atoms with Gasteiger partial charge in [-0.3, -0.25) is 0 Å². The number of nitrogens with one attached hydrogen (secondary N) is 1. The van der Waals surface area contributed by atoms with Gasteiger partial charge in [-0.2, -0.15) is 0 Å². The van der Waals surface area contributed by atoms with E-state index in [1.165, 1.54) is 24.8 Å². The van der Waals surface area contributed by atoms with Crippen LogP contribution in [0.25, 0.3) is 0 Å². The molecule has 1 aromatic rings. The number of fused-ring (bicyclic) bond motifs is 1. The van der Waals surface area contributed by atoms with E-state index in [2.05, 4.69) is 27.3 Å². The van der Waals surface area contributed by atoms with Crippen molar-refractivity contribution in [2.75, 3.05) is 6.79 Å². The molecule has 0 aromatic heterocycles. The quantitative estimate of drug-likeness (QED) is 0.925. The minimum absolute atomic E-state index is 0.335. The van der Waals surface area contributed by atoms with E-state index in [4.69, 9.17) is 9.47 Å². The Morgan fingerprint density at radius 2 is 2.00 bits per heavy atom. The van der Waals surface area contributed by atoms with Crippen LogP contribution < -0.4 is 14.8 Å². The second kappa shape index (κ2) is 4.26. The van der Waals surface area contributed by atoms with Crippen molar-refractivity contribution in [3.8, 4) is 11.5 Å². The Kier molecular flexibility index (Phi) is 2.77. The molecule has 1 saturated carbocycles. The first-order valence-electron chi connectivity index (χ1n) is 5.64. The van der Waals surface area contributed by atoms with Crippen molar-refractivity contribution in [2.45, 2.75) is 31.8 Å². The van der Waals surface area contributed by atoms with Crippen LogP contribution in [0.4, 0.5) is 0 Å². The van der Waals surface area contributed by atoms with Crippen LogP contribution in [-0.2, 0) is 6.54 Å². The molecule has 0 atom stereocenters. The summed E-state index contributed by atoms with van der Waals surface area (Å²) in [5.74, 6) is 1.69. The van der Waals surface area contributed by atoms with E-state index in [0.29, 0.717) is 12.8 Å². The van der Waals surface area contributed by atoms with Gasteiger partial charge in [0.1, 0.15) is 0 Å². The molecule has 1 heterocycles. The average Bonchev–Trinajstić information content (AvgIpc) is 2.62. The van der Waals surface area contributed by atoms with Gasteiger partial charge in [0.05, 0.1) is 0 Å². The molecule has 2 aliphatic rings. The predicted octanol–water partition coefficient (Wildman–Crippen LogP) is 2.82. The lowest BCUT2D eigenvalue weighted by Gasteiger charge is -2.26. The summed E-state index contributed by atoms with van der Waals surface area (Å²) < 4.78 is 11.8. The third kappa shape index (κ3) is 1.92. The van der Waals surface area contributed by atoms with Gasteiger partial charge in [-0.15, -0.1) is 0 Å². The molecule has 3 nitrogen and oxygen atoms in total. The van der Waals surface area contributed by atoms with Crippen LogP contribution in [-0.4, -0.2) is 12.8 Å². The number of rotatable bonds is 3. The first kappa shape index (κ1) is 10.4. The minimum Gasteiger partial charge on any atom is -0.454 e. The highest BCUT2D eigenvalue weighted by atomic mass is 79.9. The number of benzene rings is 1. The third-order valence-electron chi connectivity index (χ3n) is 3.23. The van der Waals surface area contributed by atoms with Gasteiger partial charge in [-0.05, 0) is 30.5 Å². The average molecular weight is 284 g/mol. The maximum absolute atomic E-state index is 5.37. The van der Waals surface area contributed by atoms with Crippen LogP contribution >= 0.6 is 15.9 Å². The smallest absolute Gasteiger partial charge is 0.231 e. The number of hydrogen-bond donors (Lipinski definition) is 1. The number of hydrogen-bond acceptors (Lipinski definition) is 3. The highest BCUT2D eigenvalue weighted by Gasteiger charge is 2.19. The van der Waals surface area contributed by atoms with E-state index in [9.17, 15) is 0 Å². The standard InChI is InChI=1S/C12H14BrNO2/c13-10-5-12-11(15-7-16-12)4-8(10)6-14-9-2-1-3-9/h4-5,9,14H,1-3,6-7H2. The molecule has 3 rings (SSSR count). The number of ether oxygens (including phenoxy) is 2. The van der Waals surface area contributed by atoms with E-state index in [1.807, 2.05) is 6.07 Å². The molecule has 0 spiro atoms. The van der Waals surface area contributed by atoms with E-state index in [1.54, 1.807) is 0 Å².